The fourth-order valence-electron chi connectivity index (χ4n) is 7.83. The van der Waals surface area contributed by atoms with Gasteiger partial charge >= 0.3 is 0 Å². The Morgan fingerprint density at radius 1 is 0.486 bits per heavy atom. The topological polar surface area (TPSA) is 507 Å². The minimum atomic E-state index is -1.88. The van der Waals surface area contributed by atoms with Crippen LogP contribution in [0.25, 0.3) is 0 Å². The monoisotopic (exact) mass is 1060 g/mol. The Kier molecular flexibility index (Phi) is 25.1. The smallest absolute Gasteiger partial charge is 0.248 e. The Bertz CT molecular complexity index is 2060. The molecule has 0 aromatic rings. The third-order valence-corrected chi connectivity index (χ3v) is 12.1. The van der Waals surface area contributed by atoms with Crippen LogP contribution in [-0.2, 0) is 57.5 Å². The molecule has 0 aliphatic carbocycles. The average molecular weight is 1060 g/mol. The van der Waals surface area contributed by atoms with Crippen molar-refractivity contribution in [3.8, 4) is 0 Å². The first kappa shape index (κ1) is 63.5. The molecule has 0 spiro atoms. The number of nitrogens with two attached hydrogens (primary N) is 3. The number of carbonyl (C=O) groups is 12. The first-order chi connectivity index (χ1) is 34.5. The van der Waals surface area contributed by atoms with Gasteiger partial charge in [0.05, 0.1) is 44.6 Å². The van der Waals surface area contributed by atoms with Gasteiger partial charge in [0.25, 0.3) is 0 Å². The van der Waals surface area contributed by atoms with Crippen LogP contribution in [0, 0.1) is 5.92 Å². The Morgan fingerprint density at radius 3 is 1.22 bits per heavy atom. The van der Waals surface area contributed by atoms with Crippen LogP contribution < -0.4 is 59.7 Å². The van der Waals surface area contributed by atoms with Crippen molar-refractivity contribution < 1.29 is 88.2 Å². The number of aliphatic hydroxyl groups excluding tert-OH is 6. The molecule has 0 aromatic carbocycles. The summed E-state index contributed by atoms with van der Waals surface area (Å²) in [6.07, 6.45) is -4.88. The molecule has 74 heavy (non-hydrogen) atoms. The highest BCUT2D eigenvalue weighted by Gasteiger charge is 2.42. The van der Waals surface area contributed by atoms with Gasteiger partial charge in [-0.3, -0.25) is 57.5 Å². The maximum absolute atomic E-state index is 13.7. The summed E-state index contributed by atoms with van der Waals surface area (Å²) >= 11 is 0. The fraction of sp³-hybridized carbons (Fsp3) is 0.721. The van der Waals surface area contributed by atoms with Crippen LogP contribution in [0.3, 0.4) is 0 Å². The van der Waals surface area contributed by atoms with Gasteiger partial charge in [-0.1, -0.05) is 13.8 Å². The summed E-state index contributed by atoms with van der Waals surface area (Å²) in [5, 5.41) is 78.9. The van der Waals surface area contributed by atoms with E-state index in [1.54, 1.807) is 0 Å². The Labute approximate surface area is 425 Å². The van der Waals surface area contributed by atoms with E-state index in [0.29, 0.717) is 6.42 Å². The molecule has 0 radical (unpaired) electrons. The van der Waals surface area contributed by atoms with Crippen LogP contribution in [0.2, 0.25) is 0 Å². The molecule has 418 valence electrons. The van der Waals surface area contributed by atoms with Crippen LogP contribution in [0.15, 0.2) is 0 Å². The van der Waals surface area contributed by atoms with Gasteiger partial charge in [-0.15, -0.1) is 0 Å². The molecule has 31 heteroatoms. The number of rotatable bonds is 28. The number of nitrogens with zero attached hydrogens (tertiary/aromatic N) is 2. The lowest BCUT2D eigenvalue weighted by Crippen LogP contribution is -2.64. The van der Waals surface area contributed by atoms with E-state index in [-0.39, 0.29) is 32.4 Å². The van der Waals surface area contributed by atoms with Gasteiger partial charge in [-0.05, 0) is 59.3 Å². The van der Waals surface area contributed by atoms with Crippen molar-refractivity contribution in [2.45, 2.75) is 158 Å². The summed E-state index contributed by atoms with van der Waals surface area (Å²) in [5.74, 6) is -13.0. The molecule has 2 fully saturated rings. The number of carbonyl (C=O) groups excluding carboxylic acids is 12. The van der Waals surface area contributed by atoms with Crippen molar-refractivity contribution in [3.63, 3.8) is 0 Å². The molecule has 0 aromatic heterocycles. The van der Waals surface area contributed by atoms with Crippen LogP contribution in [0.4, 0.5) is 0 Å². The number of likely N-dealkylation sites (tertiary alicyclic amines) is 2. The molecule has 2 heterocycles. The molecule has 2 rings (SSSR count). The Hall–Kier alpha value is -6.64. The number of primary amides is 2. The molecule has 31 nitrogen and oxygen atoms in total. The van der Waals surface area contributed by atoms with E-state index in [1.165, 1.54) is 20.8 Å². The second kappa shape index (κ2) is 29.3. The summed E-state index contributed by atoms with van der Waals surface area (Å²) in [6, 6.07) is -17.1. The van der Waals surface area contributed by atoms with Crippen molar-refractivity contribution in [2.75, 3.05) is 32.9 Å². The maximum Gasteiger partial charge on any atom is 0.248 e. The van der Waals surface area contributed by atoms with Gasteiger partial charge in [0.15, 0.2) is 0 Å². The molecular weight excluding hydrogens is 987 g/mol. The second-order valence-electron chi connectivity index (χ2n) is 18.4. The highest BCUT2D eigenvalue weighted by molar-refractivity contribution is 6.00. The highest BCUT2D eigenvalue weighted by Crippen LogP contribution is 2.21. The van der Waals surface area contributed by atoms with Crippen LogP contribution in [-0.4, -0.2) is 229 Å². The van der Waals surface area contributed by atoms with Crippen molar-refractivity contribution >= 4 is 70.9 Å². The molecule has 12 amide bonds. The van der Waals surface area contributed by atoms with Crippen molar-refractivity contribution in [1.29, 1.82) is 0 Å². The SMILES string of the molecule is CC(C)[C@H](NC(=O)[C@@H](NC(=O)[C@@H](NC(=O)[C@H](C)NC(=O)[C@@H]1CCCN1C(=O)[C@H](CO)NC(=O)[C@@H](N)CO)[C@@H](C)O)[C@@H](C)O)C(=O)N[C@H](C(=O)N[C@@H](CO)C(=O)N1CCC[C@H]1C(=O)N[C@@H](CC(N)=O)C(N)=O)[C@@H](C)O. The number of hydrogen-bond donors (Lipinski definition) is 17. The van der Waals surface area contributed by atoms with Crippen molar-refractivity contribution in [2.24, 2.45) is 23.1 Å². The molecule has 2 saturated heterocycles. The van der Waals surface area contributed by atoms with Gasteiger partial charge in [0.2, 0.25) is 70.9 Å². The van der Waals surface area contributed by atoms with Crippen LogP contribution in [0.5, 0.6) is 0 Å². The van der Waals surface area contributed by atoms with Gasteiger partial charge in [-0.25, -0.2) is 0 Å². The van der Waals surface area contributed by atoms with Crippen LogP contribution in [0.1, 0.15) is 73.6 Å². The second-order valence-corrected chi connectivity index (χ2v) is 18.4. The van der Waals surface area contributed by atoms with Crippen LogP contribution >= 0.6 is 0 Å². The van der Waals surface area contributed by atoms with Crippen molar-refractivity contribution in [1.82, 2.24) is 52.3 Å². The number of amides is 12. The summed E-state index contributed by atoms with van der Waals surface area (Å²) in [4.78, 5) is 158. The summed E-state index contributed by atoms with van der Waals surface area (Å²) < 4.78 is 0. The molecule has 0 saturated carbocycles. The summed E-state index contributed by atoms with van der Waals surface area (Å²) in [5.41, 5.74) is 15.9. The van der Waals surface area contributed by atoms with E-state index < -0.39 is 188 Å². The highest BCUT2D eigenvalue weighted by atomic mass is 16.3. The van der Waals surface area contributed by atoms with E-state index in [2.05, 4.69) is 42.5 Å². The maximum atomic E-state index is 13.7. The number of nitrogens with one attached hydrogen (secondary N) is 8. The zero-order valence-electron chi connectivity index (χ0n) is 41.9. The van der Waals surface area contributed by atoms with Gasteiger partial charge < -0.3 is 100 Å². The molecule has 0 bridgehead atoms. The summed E-state index contributed by atoms with van der Waals surface area (Å²) in [7, 11) is 0. The predicted octanol–water partition coefficient (Wildman–Crippen LogP) is -10.7. The largest absolute Gasteiger partial charge is 0.394 e. The fourth-order valence-corrected chi connectivity index (χ4v) is 7.83. The quantitative estimate of drug-likeness (QED) is 0.0346. The molecule has 14 atom stereocenters. The molecule has 0 unspecified atom stereocenters. The zero-order valence-corrected chi connectivity index (χ0v) is 41.9. The normalized spacial score (nSPS) is 20.3. The van der Waals surface area contributed by atoms with E-state index in [9.17, 15) is 83.1 Å². The Balaban J connectivity index is 2.16. The molecule has 20 N–H and O–H groups in total. The van der Waals surface area contributed by atoms with E-state index in [1.807, 2.05) is 0 Å². The van der Waals surface area contributed by atoms with Crippen molar-refractivity contribution in [3.05, 3.63) is 0 Å². The number of hydrogen-bond acceptors (Lipinski definition) is 19. The van der Waals surface area contributed by atoms with E-state index in [0.717, 1.165) is 30.6 Å². The molecular formula is C43H73N13O18. The molecule has 2 aliphatic heterocycles. The third-order valence-electron chi connectivity index (χ3n) is 12.1. The molecule has 2 aliphatic rings. The first-order valence-corrected chi connectivity index (χ1v) is 23.8. The lowest BCUT2D eigenvalue weighted by molar-refractivity contribution is -0.144. The van der Waals surface area contributed by atoms with E-state index in [4.69, 9.17) is 22.3 Å². The van der Waals surface area contributed by atoms with Gasteiger partial charge in [0, 0.05) is 13.1 Å². The predicted molar refractivity (Wildman–Crippen MR) is 253 cm³/mol. The van der Waals surface area contributed by atoms with Gasteiger partial charge in [-0.2, -0.15) is 0 Å². The zero-order chi connectivity index (χ0) is 56.5. The van der Waals surface area contributed by atoms with E-state index >= 15 is 0 Å². The van der Waals surface area contributed by atoms with Gasteiger partial charge in [0.1, 0.15) is 66.5 Å². The lowest BCUT2D eigenvalue weighted by Gasteiger charge is -2.31. The average Bonchev–Trinajstić information content (AvgIpc) is 4.04. The first-order valence-electron chi connectivity index (χ1n) is 23.8. The third kappa shape index (κ3) is 17.8. The number of aliphatic hydroxyl groups is 6. The lowest BCUT2D eigenvalue weighted by atomic mass is 10.0. The Morgan fingerprint density at radius 2 is 0.851 bits per heavy atom. The minimum absolute atomic E-state index is 0.0357. The summed E-state index contributed by atoms with van der Waals surface area (Å²) in [6.45, 7) is 4.78. The minimum Gasteiger partial charge on any atom is -0.394 e. The standard InChI is InChI=1S/C43H73N13O18/c1-17(2)29(38(69)53-30(19(4)60)39(70)50-25(16-59)43(74)56-12-8-10-27(56)37(68)48-23(33(46)64)13-28(45)63)51-40(71)32(21(6)62)54-41(72)31(20(5)61)52-34(65)18(3)47-36(67)26-9-7-11-55(26)42(73)24(15-58)49-35(66)22(44)14-57/h17-27,29-32,57-62H,7-16,44H2,1-6H3,(H2,45,63)(H2,46,64)(H,47,67)(H,48,68)(H,49,66)(H,50,70)(H,51,71)(H,52,65)(H,53,69)(H,54,72)/t18-,19+,20+,21+,22-,23-,24-,25-,26-,27-,29-,30-,31-,32-/m0/s1.